The normalized spacial score (nSPS) is 33.4. The standard InChI is InChI=1S/C24H22ClN3O3/c1-2-26-17-10-4-3-9-16(17)24(23(26)31)20-19(18-11-6-12-27(18)24)21(29)28(22(20)30)15-8-5-7-14(25)13-15/h3-5,7-10,13,18-20H,2,6,11-12H2,1H3/p+1/t18-,19+,20-,24+/m0/s1. The Morgan fingerprint density at radius 3 is 2.68 bits per heavy atom. The SMILES string of the molecule is CCN1C(=O)[C@@]2(c3ccccc31)[C@@H]1C(=O)N(c3cccc(Cl)c3)C(=O)[C@@H]1[C@@H]1CCC[NH+]12. The van der Waals surface area contributed by atoms with E-state index in [4.69, 9.17) is 11.6 Å². The zero-order valence-electron chi connectivity index (χ0n) is 17.2. The summed E-state index contributed by atoms with van der Waals surface area (Å²) >= 11 is 6.16. The Labute approximate surface area is 185 Å². The number of carbonyl (C=O) groups excluding carboxylic acids is 3. The van der Waals surface area contributed by atoms with Crippen LogP contribution in [0.3, 0.4) is 0 Å². The van der Waals surface area contributed by atoms with Crippen LogP contribution in [0.15, 0.2) is 48.5 Å². The van der Waals surface area contributed by atoms with Crippen molar-refractivity contribution in [2.24, 2.45) is 11.8 Å². The summed E-state index contributed by atoms with van der Waals surface area (Å²) in [4.78, 5) is 45.8. The average Bonchev–Trinajstić information content (AvgIpc) is 3.45. The highest BCUT2D eigenvalue weighted by Gasteiger charge is 2.79. The number of halogens is 1. The highest BCUT2D eigenvalue weighted by atomic mass is 35.5. The number of imide groups is 1. The van der Waals surface area contributed by atoms with Crippen molar-refractivity contribution in [2.45, 2.75) is 31.3 Å². The molecule has 0 saturated carbocycles. The number of nitrogens with zero attached hydrogens (tertiary/aromatic N) is 2. The van der Waals surface area contributed by atoms with E-state index in [1.165, 1.54) is 4.90 Å². The summed E-state index contributed by atoms with van der Waals surface area (Å²) in [5, 5.41) is 0.470. The van der Waals surface area contributed by atoms with Gasteiger partial charge < -0.3 is 9.80 Å². The number of nitrogens with one attached hydrogen (secondary N) is 1. The molecular formula is C24H23ClN3O3+. The van der Waals surface area contributed by atoms with Crippen LogP contribution >= 0.6 is 11.6 Å². The molecule has 6 rings (SSSR count). The molecule has 1 unspecified atom stereocenters. The van der Waals surface area contributed by atoms with E-state index in [0.29, 0.717) is 17.3 Å². The van der Waals surface area contributed by atoms with Crippen molar-refractivity contribution < 1.29 is 19.3 Å². The van der Waals surface area contributed by atoms with Gasteiger partial charge in [0.25, 0.3) is 5.91 Å². The molecule has 158 valence electrons. The van der Waals surface area contributed by atoms with Crippen molar-refractivity contribution in [3.63, 3.8) is 0 Å². The van der Waals surface area contributed by atoms with E-state index in [1.807, 2.05) is 31.2 Å². The Morgan fingerprint density at radius 2 is 1.90 bits per heavy atom. The molecule has 1 spiro atoms. The van der Waals surface area contributed by atoms with E-state index in [9.17, 15) is 14.4 Å². The highest BCUT2D eigenvalue weighted by Crippen LogP contribution is 2.53. The molecule has 2 aromatic carbocycles. The molecule has 3 fully saturated rings. The molecule has 3 saturated heterocycles. The molecule has 5 atom stereocenters. The van der Waals surface area contributed by atoms with E-state index >= 15 is 0 Å². The number of carbonyl (C=O) groups is 3. The van der Waals surface area contributed by atoms with Crippen LogP contribution in [0.1, 0.15) is 25.3 Å². The fourth-order valence-corrected chi connectivity index (χ4v) is 6.97. The Morgan fingerprint density at radius 1 is 1.10 bits per heavy atom. The second-order valence-electron chi connectivity index (χ2n) is 8.89. The van der Waals surface area contributed by atoms with Crippen LogP contribution in [0.4, 0.5) is 11.4 Å². The van der Waals surface area contributed by atoms with Gasteiger partial charge >= 0.3 is 0 Å². The monoisotopic (exact) mass is 436 g/mol. The maximum atomic E-state index is 14.1. The van der Waals surface area contributed by atoms with Crippen LogP contribution < -0.4 is 14.7 Å². The summed E-state index contributed by atoms with van der Waals surface area (Å²) in [5.74, 6) is -1.69. The maximum absolute atomic E-state index is 14.1. The predicted octanol–water partition coefficient (Wildman–Crippen LogP) is 1.77. The van der Waals surface area contributed by atoms with Crippen LogP contribution in [0.5, 0.6) is 0 Å². The molecule has 7 heteroatoms. The number of fused-ring (bicyclic) bond motifs is 7. The lowest BCUT2D eigenvalue weighted by atomic mass is 9.75. The molecular weight excluding hydrogens is 414 g/mol. The zero-order chi connectivity index (χ0) is 21.5. The van der Waals surface area contributed by atoms with E-state index in [-0.39, 0.29) is 23.8 Å². The van der Waals surface area contributed by atoms with Crippen molar-refractivity contribution in [3.8, 4) is 0 Å². The Hall–Kier alpha value is -2.70. The number of quaternary nitrogens is 1. The third kappa shape index (κ3) is 2.14. The number of hydrogen-bond acceptors (Lipinski definition) is 3. The summed E-state index contributed by atoms with van der Waals surface area (Å²) in [6.45, 7) is 3.29. The Kier molecular flexibility index (Phi) is 3.93. The first kappa shape index (κ1) is 19.0. The molecule has 4 aliphatic heterocycles. The predicted molar refractivity (Wildman–Crippen MR) is 116 cm³/mol. The molecule has 1 N–H and O–H groups in total. The summed E-state index contributed by atoms with van der Waals surface area (Å²) in [6, 6.07) is 14.6. The smallest absolute Gasteiger partial charge is 0.294 e. The summed E-state index contributed by atoms with van der Waals surface area (Å²) in [5.41, 5.74) is 1.22. The van der Waals surface area contributed by atoms with E-state index in [0.717, 1.165) is 35.5 Å². The van der Waals surface area contributed by atoms with Gasteiger partial charge in [0.2, 0.25) is 17.4 Å². The van der Waals surface area contributed by atoms with Crippen molar-refractivity contribution in [1.82, 2.24) is 0 Å². The molecule has 31 heavy (non-hydrogen) atoms. The third-order valence-corrected chi connectivity index (χ3v) is 7.99. The molecule has 0 aromatic heterocycles. The topological polar surface area (TPSA) is 62.1 Å². The first-order valence-corrected chi connectivity index (χ1v) is 11.3. The molecule has 0 aliphatic carbocycles. The number of amides is 3. The number of para-hydroxylation sites is 1. The van der Waals surface area contributed by atoms with Crippen LogP contribution in [-0.2, 0) is 19.9 Å². The van der Waals surface area contributed by atoms with Crippen LogP contribution in [-0.4, -0.2) is 36.9 Å². The van der Waals surface area contributed by atoms with Gasteiger partial charge in [-0.3, -0.25) is 14.4 Å². The third-order valence-electron chi connectivity index (χ3n) is 7.75. The van der Waals surface area contributed by atoms with E-state index in [2.05, 4.69) is 0 Å². The first-order valence-electron chi connectivity index (χ1n) is 10.9. The van der Waals surface area contributed by atoms with Gasteiger partial charge in [-0.25, -0.2) is 4.90 Å². The lowest BCUT2D eigenvalue weighted by molar-refractivity contribution is -0.948. The average molecular weight is 437 g/mol. The van der Waals surface area contributed by atoms with E-state index in [1.54, 1.807) is 29.2 Å². The minimum Gasteiger partial charge on any atom is -0.315 e. The summed E-state index contributed by atoms with van der Waals surface area (Å²) < 4.78 is 0. The lowest BCUT2D eigenvalue weighted by Gasteiger charge is -2.34. The lowest BCUT2D eigenvalue weighted by Crippen LogP contribution is -3.20. The molecule has 0 radical (unpaired) electrons. The largest absolute Gasteiger partial charge is 0.315 e. The maximum Gasteiger partial charge on any atom is 0.294 e. The second kappa shape index (κ2) is 6.40. The number of likely N-dealkylation sites (N-methyl/N-ethyl adjacent to an activating group) is 1. The molecule has 4 heterocycles. The molecule has 6 nitrogen and oxygen atoms in total. The summed E-state index contributed by atoms with van der Waals surface area (Å²) in [7, 11) is 0. The Bertz CT molecular complexity index is 1150. The number of anilines is 2. The number of hydrogen-bond donors (Lipinski definition) is 1. The minimum atomic E-state index is -1.03. The fraction of sp³-hybridized carbons (Fsp3) is 0.375. The molecule has 2 aromatic rings. The van der Waals surface area contributed by atoms with Gasteiger partial charge in [0.05, 0.1) is 17.9 Å². The van der Waals surface area contributed by atoms with Gasteiger partial charge in [0, 0.05) is 30.0 Å². The van der Waals surface area contributed by atoms with Gasteiger partial charge in [-0.2, -0.15) is 0 Å². The Balaban J connectivity index is 1.58. The summed E-state index contributed by atoms with van der Waals surface area (Å²) in [6.07, 6.45) is 1.80. The highest BCUT2D eigenvalue weighted by molar-refractivity contribution is 6.31. The molecule has 4 aliphatic rings. The molecule has 3 amide bonds. The van der Waals surface area contributed by atoms with Crippen molar-refractivity contribution in [1.29, 1.82) is 0 Å². The van der Waals surface area contributed by atoms with Crippen molar-refractivity contribution in [3.05, 3.63) is 59.1 Å². The van der Waals surface area contributed by atoms with Crippen LogP contribution in [0, 0.1) is 11.8 Å². The van der Waals surface area contributed by atoms with Crippen LogP contribution in [0.2, 0.25) is 5.02 Å². The zero-order valence-corrected chi connectivity index (χ0v) is 17.9. The van der Waals surface area contributed by atoms with Crippen molar-refractivity contribution >= 4 is 40.7 Å². The van der Waals surface area contributed by atoms with Crippen LogP contribution in [0.25, 0.3) is 0 Å². The fourth-order valence-electron chi connectivity index (χ4n) is 6.78. The van der Waals surface area contributed by atoms with Gasteiger partial charge in [-0.05, 0) is 31.2 Å². The number of rotatable bonds is 2. The minimum absolute atomic E-state index is 0.0283. The second-order valence-corrected chi connectivity index (χ2v) is 9.33. The van der Waals surface area contributed by atoms with Gasteiger partial charge in [-0.15, -0.1) is 0 Å². The quantitative estimate of drug-likeness (QED) is 0.730. The first-order chi connectivity index (χ1) is 15.0. The van der Waals surface area contributed by atoms with Gasteiger partial charge in [-0.1, -0.05) is 35.9 Å². The van der Waals surface area contributed by atoms with Crippen molar-refractivity contribution in [2.75, 3.05) is 22.9 Å². The van der Waals surface area contributed by atoms with Gasteiger partial charge in [0.1, 0.15) is 17.9 Å². The van der Waals surface area contributed by atoms with Gasteiger partial charge in [0.15, 0.2) is 0 Å². The van der Waals surface area contributed by atoms with E-state index < -0.39 is 17.4 Å². The molecule has 0 bridgehead atoms. The number of benzene rings is 2.